The Morgan fingerprint density at radius 3 is 2.82 bits per heavy atom. The van der Waals surface area contributed by atoms with E-state index in [9.17, 15) is 9.59 Å². The van der Waals surface area contributed by atoms with Crippen molar-refractivity contribution in [1.82, 2.24) is 20.4 Å². The van der Waals surface area contributed by atoms with Gasteiger partial charge in [0, 0.05) is 19.5 Å². The Morgan fingerprint density at radius 2 is 2.07 bits per heavy atom. The summed E-state index contributed by atoms with van der Waals surface area (Å²) in [7, 11) is 0. The van der Waals surface area contributed by atoms with Crippen LogP contribution in [-0.4, -0.2) is 59.3 Å². The van der Waals surface area contributed by atoms with Gasteiger partial charge in [-0.1, -0.05) is 30.3 Å². The Kier molecular flexibility index (Phi) is 5.29. The number of hydrogen-bond donors (Lipinski definition) is 3. The predicted octanol–water partition coefficient (Wildman–Crippen LogP) is 1.42. The number of carbonyl (C=O) groups excluding carboxylic acids is 2. The summed E-state index contributed by atoms with van der Waals surface area (Å²) in [5.41, 5.74) is 7.78. The molecule has 0 bridgehead atoms. The number of aromatic nitrogens is 2. The van der Waals surface area contributed by atoms with Gasteiger partial charge in [-0.3, -0.25) is 14.7 Å². The van der Waals surface area contributed by atoms with Crippen molar-refractivity contribution in [2.45, 2.75) is 25.3 Å². The lowest BCUT2D eigenvalue weighted by Crippen LogP contribution is -2.50. The van der Waals surface area contributed by atoms with Crippen LogP contribution >= 0.6 is 0 Å². The molecule has 2 fully saturated rings. The highest BCUT2D eigenvalue weighted by Gasteiger charge is 2.33. The molecule has 4 rings (SSSR count). The van der Waals surface area contributed by atoms with Crippen molar-refractivity contribution in [3.05, 3.63) is 36.0 Å². The number of nitrogen functional groups attached to an aromatic ring is 1. The number of ether oxygens (including phenoxy) is 1. The monoisotopic (exact) mass is 383 g/mol. The summed E-state index contributed by atoms with van der Waals surface area (Å²) in [5, 5.41) is 9.79. The Balaban J connectivity index is 1.51. The standard InChI is InChI=1S/C20H25N5O3/c21-19-17(14-4-2-1-3-5-14)18(23-24-19)20(27)25-8-9-28-12-15(25)10-16(26)22-11-13-6-7-13/h1-5,13,15H,6-12H2,(H,22,26)(H3,21,23,24)/t15-/m0/s1. The van der Waals surface area contributed by atoms with Crippen LogP contribution in [0.2, 0.25) is 0 Å². The first-order valence-corrected chi connectivity index (χ1v) is 9.68. The molecule has 1 aliphatic heterocycles. The summed E-state index contributed by atoms with van der Waals surface area (Å²) >= 11 is 0. The lowest BCUT2D eigenvalue weighted by atomic mass is 10.0. The minimum atomic E-state index is -0.311. The topological polar surface area (TPSA) is 113 Å². The third-order valence-electron chi connectivity index (χ3n) is 5.26. The van der Waals surface area contributed by atoms with Crippen LogP contribution in [0.25, 0.3) is 11.1 Å². The van der Waals surface area contributed by atoms with Crippen molar-refractivity contribution in [1.29, 1.82) is 0 Å². The van der Waals surface area contributed by atoms with Crippen LogP contribution in [0, 0.1) is 5.92 Å². The maximum atomic E-state index is 13.3. The molecule has 1 saturated heterocycles. The van der Waals surface area contributed by atoms with E-state index in [1.807, 2.05) is 30.3 Å². The molecule has 1 aromatic carbocycles. The van der Waals surface area contributed by atoms with Gasteiger partial charge in [0.05, 0.1) is 24.8 Å². The number of anilines is 1. The van der Waals surface area contributed by atoms with E-state index >= 15 is 0 Å². The molecular formula is C20H25N5O3. The second kappa shape index (κ2) is 8.02. The van der Waals surface area contributed by atoms with E-state index in [-0.39, 0.29) is 30.1 Å². The molecule has 0 radical (unpaired) electrons. The average molecular weight is 383 g/mol. The highest BCUT2D eigenvalue weighted by molar-refractivity contribution is 6.02. The van der Waals surface area contributed by atoms with E-state index in [0.717, 1.165) is 12.1 Å². The smallest absolute Gasteiger partial charge is 0.273 e. The number of aromatic amines is 1. The number of benzene rings is 1. The molecule has 4 N–H and O–H groups in total. The van der Waals surface area contributed by atoms with E-state index in [2.05, 4.69) is 15.5 Å². The molecule has 2 heterocycles. The third-order valence-corrected chi connectivity index (χ3v) is 5.26. The lowest BCUT2D eigenvalue weighted by molar-refractivity contribution is -0.123. The molecule has 2 aliphatic rings. The Bertz CT molecular complexity index is 847. The van der Waals surface area contributed by atoms with Gasteiger partial charge in [-0.05, 0) is 24.3 Å². The van der Waals surface area contributed by atoms with Crippen molar-refractivity contribution in [3.63, 3.8) is 0 Å². The van der Waals surface area contributed by atoms with Crippen LogP contribution in [0.4, 0.5) is 5.82 Å². The average Bonchev–Trinajstić information content (AvgIpc) is 3.47. The van der Waals surface area contributed by atoms with Crippen molar-refractivity contribution in [3.8, 4) is 11.1 Å². The molecular weight excluding hydrogens is 358 g/mol. The number of H-pyrrole nitrogens is 1. The van der Waals surface area contributed by atoms with Gasteiger partial charge >= 0.3 is 0 Å². The summed E-state index contributed by atoms with van der Waals surface area (Å²) in [6.07, 6.45) is 2.59. The van der Waals surface area contributed by atoms with E-state index in [0.29, 0.717) is 36.9 Å². The van der Waals surface area contributed by atoms with Crippen molar-refractivity contribution in [2.24, 2.45) is 5.92 Å². The summed E-state index contributed by atoms with van der Waals surface area (Å²) in [6.45, 7) is 1.92. The maximum Gasteiger partial charge on any atom is 0.273 e. The summed E-state index contributed by atoms with van der Waals surface area (Å²) < 4.78 is 5.53. The summed E-state index contributed by atoms with van der Waals surface area (Å²) in [5.74, 6) is 0.631. The van der Waals surface area contributed by atoms with Crippen molar-refractivity contribution in [2.75, 3.05) is 32.0 Å². The number of morpholine rings is 1. The van der Waals surface area contributed by atoms with Gasteiger partial charge < -0.3 is 20.7 Å². The van der Waals surface area contributed by atoms with Gasteiger partial charge in [-0.25, -0.2) is 0 Å². The molecule has 1 aliphatic carbocycles. The Morgan fingerprint density at radius 1 is 1.29 bits per heavy atom. The van der Waals surface area contributed by atoms with Crippen LogP contribution in [0.1, 0.15) is 29.8 Å². The second-order valence-corrected chi connectivity index (χ2v) is 7.40. The quantitative estimate of drug-likeness (QED) is 0.698. The molecule has 148 valence electrons. The molecule has 8 heteroatoms. The molecule has 2 amide bonds. The number of nitrogens with one attached hydrogen (secondary N) is 2. The van der Waals surface area contributed by atoms with Crippen molar-refractivity contribution < 1.29 is 14.3 Å². The SMILES string of the molecule is Nc1n[nH]c(C(=O)N2CCOC[C@@H]2CC(=O)NCC2CC2)c1-c1ccccc1. The van der Waals surface area contributed by atoms with Gasteiger partial charge in [0.15, 0.2) is 5.82 Å². The van der Waals surface area contributed by atoms with Crippen LogP contribution in [-0.2, 0) is 9.53 Å². The molecule has 28 heavy (non-hydrogen) atoms. The highest BCUT2D eigenvalue weighted by Crippen LogP contribution is 2.30. The molecule has 1 aromatic heterocycles. The molecule has 0 unspecified atom stereocenters. The Labute approximate surface area is 163 Å². The largest absolute Gasteiger partial charge is 0.382 e. The van der Waals surface area contributed by atoms with Crippen LogP contribution in [0.3, 0.4) is 0 Å². The maximum absolute atomic E-state index is 13.3. The molecule has 0 spiro atoms. The van der Waals surface area contributed by atoms with E-state index in [4.69, 9.17) is 10.5 Å². The van der Waals surface area contributed by atoms with Gasteiger partial charge in [0.2, 0.25) is 5.91 Å². The zero-order valence-corrected chi connectivity index (χ0v) is 15.7. The second-order valence-electron chi connectivity index (χ2n) is 7.40. The summed E-state index contributed by atoms with van der Waals surface area (Å²) in [4.78, 5) is 27.3. The number of nitrogens with zero attached hydrogens (tertiary/aromatic N) is 2. The first-order valence-electron chi connectivity index (χ1n) is 9.68. The van der Waals surface area contributed by atoms with Crippen molar-refractivity contribution >= 4 is 17.6 Å². The molecule has 1 saturated carbocycles. The lowest BCUT2D eigenvalue weighted by Gasteiger charge is -2.35. The zero-order valence-electron chi connectivity index (χ0n) is 15.7. The minimum Gasteiger partial charge on any atom is -0.382 e. The van der Waals surface area contributed by atoms with Crippen LogP contribution in [0.5, 0.6) is 0 Å². The number of amides is 2. The molecule has 8 nitrogen and oxygen atoms in total. The fourth-order valence-electron chi connectivity index (χ4n) is 3.51. The fourth-order valence-corrected chi connectivity index (χ4v) is 3.51. The normalized spacial score (nSPS) is 19.4. The van der Waals surface area contributed by atoms with Crippen LogP contribution < -0.4 is 11.1 Å². The summed E-state index contributed by atoms with van der Waals surface area (Å²) in [6, 6.07) is 9.14. The number of nitrogens with two attached hydrogens (primary N) is 1. The predicted molar refractivity (Wildman–Crippen MR) is 104 cm³/mol. The van der Waals surface area contributed by atoms with E-state index in [1.54, 1.807) is 4.90 Å². The Hall–Kier alpha value is -2.87. The molecule has 1 atom stereocenters. The highest BCUT2D eigenvalue weighted by atomic mass is 16.5. The number of carbonyl (C=O) groups is 2. The fraction of sp³-hybridized carbons (Fsp3) is 0.450. The first-order chi connectivity index (χ1) is 13.6. The van der Waals surface area contributed by atoms with Gasteiger partial charge in [0.1, 0.15) is 5.69 Å². The van der Waals surface area contributed by atoms with Crippen LogP contribution in [0.15, 0.2) is 30.3 Å². The van der Waals surface area contributed by atoms with Gasteiger partial charge in [-0.15, -0.1) is 0 Å². The molecule has 2 aromatic rings. The first kappa shape index (κ1) is 18.5. The van der Waals surface area contributed by atoms with E-state index in [1.165, 1.54) is 12.8 Å². The minimum absolute atomic E-state index is 0.0485. The number of rotatable bonds is 6. The van der Waals surface area contributed by atoms with Gasteiger partial charge in [-0.2, -0.15) is 5.10 Å². The third kappa shape index (κ3) is 4.01. The number of hydrogen-bond acceptors (Lipinski definition) is 5. The van der Waals surface area contributed by atoms with E-state index < -0.39 is 0 Å². The van der Waals surface area contributed by atoms with Gasteiger partial charge in [0.25, 0.3) is 5.91 Å². The zero-order chi connectivity index (χ0) is 19.5.